The van der Waals surface area contributed by atoms with Crippen LogP contribution in [0.15, 0.2) is 40.7 Å². The number of rotatable bonds is 8. The van der Waals surface area contributed by atoms with Crippen LogP contribution in [-0.4, -0.2) is 51.3 Å². The fraction of sp³-hybridized carbons (Fsp3) is 0.476. The number of hydrogen-bond donors (Lipinski definition) is 2. The lowest BCUT2D eigenvalue weighted by Crippen LogP contribution is -2.39. The van der Waals surface area contributed by atoms with Gasteiger partial charge in [-0.05, 0) is 56.4 Å². The quantitative estimate of drug-likeness (QED) is 0.297. The Bertz CT molecular complexity index is 764. The van der Waals surface area contributed by atoms with E-state index in [0.29, 0.717) is 18.4 Å². The maximum atomic E-state index is 5.59. The highest BCUT2D eigenvalue weighted by molar-refractivity contribution is 14.0. The van der Waals surface area contributed by atoms with Gasteiger partial charge in [0.15, 0.2) is 17.5 Å². The van der Waals surface area contributed by atoms with Crippen LogP contribution >= 0.6 is 35.3 Å². The molecular formula is C21H31IN4O2S. The number of nitrogens with one attached hydrogen (secondary N) is 2. The summed E-state index contributed by atoms with van der Waals surface area (Å²) in [5.74, 6) is 2.19. The molecule has 160 valence electrons. The number of ether oxygens (including phenoxy) is 2. The molecule has 1 fully saturated rings. The van der Waals surface area contributed by atoms with E-state index in [1.807, 2.05) is 36.5 Å². The van der Waals surface area contributed by atoms with Crippen molar-refractivity contribution in [3.63, 3.8) is 0 Å². The maximum absolute atomic E-state index is 5.59. The fourth-order valence-corrected chi connectivity index (χ4v) is 4.33. The Hall–Kier alpha value is -1.52. The van der Waals surface area contributed by atoms with E-state index < -0.39 is 0 Å². The highest BCUT2D eigenvalue weighted by Crippen LogP contribution is 2.30. The van der Waals surface area contributed by atoms with Crippen LogP contribution in [0.2, 0.25) is 0 Å². The molecule has 29 heavy (non-hydrogen) atoms. The Morgan fingerprint density at radius 2 is 2.03 bits per heavy atom. The van der Waals surface area contributed by atoms with Gasteiger partial charge in [0.25, 0.3) is 0 Å². The van der Waals surface area contributed by atoms with Crippen molar-refractivity contribution in [3.8, 4) is 11.5 Å². The van der Waals surface area contributed by atoms with Crippen LogP contribution in [0, 0.1) is 0 Å². The molecule has 0 amide bonds. The Morgan fingerprint density at radius 1 is 1.24 bits per heavy atom. The molecule has 1 aromatic heterocycles. The summed E-state index contributed by atoms with van der Waals surface area (Å²) in [5.41, 5.74) is 0.905. The zero-order valence-corrected chi connectivity index (χ0v) is 20.5. The van der Waals surface area contributed by atoms with Gasteiger partial charge >= 0.3 is 0 Å². The molecule has 1 aliphatic rings. The second kappa shape index (κ2) is 12.2. The summed E-state index contributed by atoms with van der Waals surface area (Å²) in [4.78, 5) is 8.34. The van der Waals surface area contributed by atoms with E-state index in [1.165, 1.54) is 17.7 Å². The summed E-state index contributed by atoms with van der Waals surface area (Å²) >= 11 is 1.82. The highest BCUT2D eigenvalue weighted by Gasteiger charge is 2.24. The predicted molar refractivity (Wildman–Crippen MR) is 132 cm³/mol. The SMILES string of the molecule is CCOc1ccc(NC(=NC)NCC(c2cccs2)N2CCCC2)cc1OC.I. The molecule has 8 heteroatoms. The second-order valence-electron chi connectivity index (χ2n) is 6.65. The van der Waals surface area contributed by atoms with Crippen molar-refractivity contribution < 1.29 is 9.47 Å². The minimum absolute atomic E-state index is 0. The number of likely N-dealkylation sites (tertiary alicyclic amines) is 1. The Balaban J connectivity index is 0.00000300. The van der Waals surface area contributed by atoms with E-state index in [-0.39, 0.29) is 24.0 Å². The monoisotopic (exact) mass is 530 g/mol. The number of anilines is 1. The first-order valence-corrected chi connectivity index (χ1v) is 10.7. The highest BCUT2D eigenvalue weighted by atomic mass is 127. The molecule has 0 radical (unpaired) electrons. The minimum Gasteiger partial charge on any atom is -0.493 e. The summed E-state index contributed by atoms with van der Waals surface area (Å²) in [6.07, 6.45) is 2.56. The van der Waals surface area contributed by atoms with Crippen LogP contribution in [-0.2, 0) is 0 Å². The predicted octanol–water partition coefficient (Wildman–Crippen LogP) is 4.60. The van der Waals surface area contributed by atoms with Gasteiger partial charge in [-0.3, -0.25) is 9.89 Å². The third-order valence-corrected chi connectivity index (χ3v) is 5.84. The van der Waals surface area contributed by atoms with Gasteiger partial charge in [-0.25, -0.2) is 0 Å². The van der Waals surface area contributed by atoms with Crippen molar-refractivity contribution in [2.75, 3.05) is 45.7 Å². The summed E-state index contributed by atoms with van der Waals surface area (Å²) in [6, 6.07) is 10.5. The Morgan fingerprint density at radius 3 is 2.66 bits per heavy atom. The molecule has 0 bridgehead atoms. The summed E-state index contributed by atoms with van der Waals surface area (Å²) in [5, 5.41) is 8.99. The molecule has 2 aromatic rings. The molecule has 6 nitrogen and oxygen atoms in total. The van der Waals surface area contributed by atoms with E-state index in [4.69, 9.17) is 9.47 Å². The normalized spacial score (nSPS) is 15.5. The van der Waals surface area contributed by atoms with Gasteiger partial charge < -0.3 is 20.1 Å². The fourth-order valence-electron chi connectivity index (χ4n) is 3.47. The Kier molecular flexibility index (Phi) is 10.0. The van der Waals surface area contributed by atoms with Crippen molar-refractivity contribution in [2.24, 2.45) is 4.99 Å². The molecule has 1 saturated heterocycles. The van der Waals surface area contributed by atoms with Crippen molar-refractivity contribution in [1.82, 2.24) is 10.2 Å². The van der Waals surface area contributed by atoms with Gasteiger partial charge in [0.2, 0.25) is 0 Å². The molecule has 1 unspecified atom stereocenters. The molecular weight excluding hydrogens is 499 g/mol. The average molecular weight is 530 g/mol. The van der Waals surface area contributed by atoms with Crippen LogP contribution in [0.1, 0.15) is 30.7 Å². The number of guanidine groups is 1. The molecule has 1 aliphatic heterocycles. The van der Waals surface area contributed by atoms with Gasteiger partial charge in [0.1, 0.15) is 0 Å². The van der Waals surface area contributed by atoms with Crippen molar-refractivity contribution >= 4 is 47.0 Å². The number of thiophene rings is 1. The molecule has 0 saturated carbocycles. The molecule has 3 rings (SSSR count). The lowest BCUT2D eigenvalue weighted by molar-refractivity contribution is 0.249. The van der Waals surface area contributed by atoms with E-state index in [9.17, 15) is 0 Å². The van der Waals surface area contributed by atoms with Gasteiger partial charge in [-0.2, -0.15) is 0 Å². The third kappa shape index (κ3) is 6.48. The topological polar surface area (TPSA) is 58.1 Å². The summed E-state index contributed by atoms with van der Waals surface area (Å²) in [6.45, 7) is 5.70. The first kappa shape index (κ1) is 23.8. The standard InChI is InChI=1S/C21H30N4O2S.HI/c1-4-27-18-10-9-16(14-19(18)26-3)24-21(22-2)23-15-17(20-8-7-13-28-20)25-11-5-6-12-25;/h7-10,13-14,17H,4-6,11-12,15H2,1-3H3,(H2,22,23,24);1H. The largest absolute Gasteiger partial charge is 0.493 e. The van der Waals surface area contributed by atoms with E-state index in [2.05, 4.69) is 38.0 Å². The molecule has 1 aromatic carbocycles. The Labute approximate surface area is 194 Å². The number of benzene rings is 1. The number of methoxy groups -OCH3 is 1. The van der Waals surface area contributed by atoms with Crippen LogP contribution < -0.4 is 20.1 Å². The number of hydrogen-bond acceptors (Lipinski definition) is 5. The molecule has 0 spiro atoms. The van der Waals surface area contributed by atoms with Crippen molar-refractivity contribution in [1.29, 1.82) is 0 Å². The van der Waals surface area contributed by atoms with Crippen LogP contribution in [0.4, 0.5) is 5.69 Å². The van der Waals surface area contributed by atoms with Gasteiger partial charge in [-0.15, -0.1) is 35.3 Å². The van der Waals surface area contributed by atoms with Crippen molar-refractivity contribution in [3.05, 3.63) is 40.6 Å². The number of aliphatic imine (C=N–C) groups is 1. The molecule has 1 atom stereocenters. The van der Waals surface area contributed by atoms with Crippen LogP contribution in [0.5, 0.6) is 11.5 Å². The lowest BCUT2D eigenvalue weighted by atomic mass is 10.2. The van der Waals surface area contributed by atoms with E-state index in [1.54, 1.807) is 14.2 Å². The third-order valence-electron chi connectivity index (χ3n) is 4.87. The average Bonchev–Trinajstić information content (AvgIpc) is 3.43. The smallest absolute Gasteiger partial charge is 0.195 e. The lowest BCUT2D eigenvalue weighted by Gasteiger charge is -2.27. The number of halogens is 1. The van der Waals surface area contributed by atoms with Crippen molar-refractivity contribution in [2.45, 2.75) is 25.8 Å². The van der Waals surface area contributed by atoms with Gasteiger partial charge in [0, 0.05) is 30.2 Å². The second-order valence-corrected chi connectivity index (χ2v) is 7.63. The molecule has 0 aliphatic carbocycles. The summed E-state index contributed by atoms with van der Waals surface area (Å²) in [7, 11) is 3.44. The zero-order valence-electron chi connectivity index (χ0n) is 17.3. The molecule has 2 N–H and O–H groups in total. The number of nitrogens with zero attached hydrogens (tertiary/aromatic N) is 2. The van der Waals surface area contributed by atoms with Crippen LogP contribution in [0.3, 0.4) is 0 Å². The zero-order chi connectivity index (χ0) is 19.8. The van der Waals surface area contributed by atoms with E-state index in [0.717, 1.165) is 37.0 Å². The maximum Gasteiger partial charge on any atom is 0.195 e. The van der Waals surface area contributed by atoms with Gasteiger partial charge in [0.05, 0.1) is 19.8 Å². The van der Waals surface area contributed by atoms with Gasteiger partial charge in [-0.1, -0.05) is 6.07 Å². The molecule has 2 heterocycles. The minimum atomic E-state index is 0. The van der Waals surface area contributed by atoms with Crippen LogP contribution in [0.25, 0.3) is 0 Å². The first-order chi connectivity index (χ1) is 13.7. The first-order valence-electron chi connectivity index (χ1n) is 9.81. The van der Waals surface area contributed by atoms with E-state index >= 15 is 0 Å². The summed E-state index contributed by atoms with van der Waals surface area (Å²) < 4.78 is 11.0.